The summed E-state index contributed by atoms with van der Waals surface area (Å²) >= 11 is 3.30. The quantitative estimate of drug-likeness (QED) is 0.755. The van der Waals surface area contributed by atoms with Gasteiger partial charge in [0.2, 0.25) is 6.43 Å². The summed E-state index contributed by atoms with van der Waals surface area (Å²) in [5.74, 6) is -0.751. The van der Waals surface area contributed by atoms with E-state index >= 15 is 0 Å². The average molecular weight is 263 g/mol. The van der Waals surface area contributed by atoms with E-state index in [1.165, 1.54) is 0 Å². The summed E-state index contributed by atoms with van der Waals surface area (Å²) in [5, 5.41) is 0. The molecule has 0 nitrogen and oxygen atoms in total. The Hall–Kier alpha value is -0.440. The van der Waals surface area contributed by atoms with Crippen molar-refractivity contribution in [2.75, 3.05) is 0 Å². The van der Waals surface area contributed by atoms with Crippen LogP contribution in [-0.2, 0) is 0 Å². The van der Waals surface area contributed by atoms with Crippen molar-refractivity contribution in [3.63, 3.8) is 0 Å². The number of halogens is 3. The van der Waals surface area contributed by atoms with E-state index in [-0.39, 0.29) is 5.92 Å². The smallest absolute Gasteiger partial charge is 0.210 e. The Bertz CT molecular complexity index is 289. The SMILES string of the molecule is CC(C)C(c1ccccc1Br)C(F)F. The first-order valence-electron chi connectivity index (χ1n) is 4.56. The van der Waals surface area contributed by atoms with Crippen LogP contribution >= 0.6 is 15.9 Å². The van der Waals surface area contributed by atoms with Crippen molar-refractivity contribution in [1.82, 2.24) is 0 Å². The van der Waals surface area contributed by atoms with Crippen LogP contribution in [0.25, 0.3) is 0 Å². The molecule has 0 bridgehead atoms. The fourth-order valence-electron chi connectivity index (χ4n) is 1.53. The van der Waals surface area contributed by atoms with Crippen LogP contribution in [0.15, 0.2) is 28.7 Å². The second-order valence-electron chi connectivity index (χ2n) is 3.63. The first-order chi connectivity index (χ1) is 6.54. The molecule has 14 heavy (non-hydrogen) atoms. The molecule has 0 fully saturated rings. The van der Waals surface area contributed by atoms with Gasteiger partial charge in [0.1, 0.15) is 0 Å². The Kier molecular flexibility index (Phi) is 4.05. The molecule has 0 aromatic heterocycles. The Morgan fingerprint density at radius 2 is 1.71 bits per heavy atom. The molecule has 0 saturated carbocycles. The predicted molar refractivity (Wildman–Crippen MR) is 57.7 cm³/mol. The summed E-state index contributed by atoms with van der Waals surface area (Å²) in [7, 11) is 0. The van der Waals surface area contributed by atoms with Gasteiger partial charge in [0.05, 0.1) is 0 Å². The van der Waals surface area contributed by atoms with Gasteiger partial charge in [0, 0.05) is 10.4 Å². The Labute approximate surface area is 91.5 Å². The van der Waals surface area contributed by atoms with Gasteiger partial charge in [-0.25, -0.2) is 8.78 Å². The first kappa shape index (κ1) is 11.6. The molecule has 1 rings (SSSR count). The molecule has 0 spiro atoms. The molecule has 0 amide bonds. The Morgan fingerprint density at radius 3 is 2.14 bits per heavy atom. The van der Waals surface area contributed by atoms with Crippen molar-refractivity contribution >= 4 is 15.9 Å². The minimum absolute atomic E-state index is 0.0614. The highest BCUT2D eigenvalue weighted by atomic mass is 79.9. The van der Waals surface area contributed by atoms with Crippen LogP contribution in [-0.4, -0.2) is 6.43 Å². The van der Waals surface area contributed by atoms with Crippen LogP contribution < -0.4 is 0 Å². The summed E-state index contributed by atoms with van der Waals surface area (Å²) in [6.45, 7) is 3.63. The third-order valence-electron chi connectivity index (χ3n) is 2.25. The zero-order valence-corrected chi connectivity index (χ0v) is 9.76. The third-order valence-corrected chi connectivity index (χ3v) is 2.98. The minimum Gasteiger partial charge on any atom is -0.210 e. The van der Waals surface area contributed by atoms with E-state index in [1.54, 1.807) is 18.2 Å². The van der Waals surface area contributed by atoms with E-state index < -0.39 is 12.3 Å². The van der Waals surface area contributed by atoms with Crippen LogP contribution in [0, 0.1) is 5.92 Å². The van der Waals surface area contributed by atoms with E-state index in [9.17, 15) is 8.78 Å². The minimum atomic E-state index is -2.31. The highest BCUT2D eigenvalue weighted by Crippen LogP contribution is 2.34. The molecule has 78 valence electrons. The van der Waals surface area contributed by atoms with Gasteiger partial charge >= 0.3 is 0 Å². The Morgan fingerprint density at radius 1 is 1.14 bits per heavy atom. The summed E-state index contributed by atoms with van der Waals surface area (Å²) < 4.78 is 26.4. The van der Waals surface area contributed by atoms with E-state index in [0.717, 1.165) is 4.47 Å². The second kappa shape index (κ2) is 4.87. The molecule has 0 radical (unpaired) electrons. The highest BCUT2D eigenvalue weighted by Gasteiger charge is 2.27. The maximum atomic E-state index is 12.8. The van der Waals surface area contributed by atoms with E-state index in [2.05, 4.69) is 15.9 Å². The number of hydrogen-bond acceptors (Lipinski definition) is 0. The molecular formula is C11H13BrF2. The maximum absolute atomic E-state index is 12.8. The number of hydrogen-bond donors (Lipinski definition) is 0. The fraction of sp³-hybridized carbons (Fsp3) is 0.455. The largest absolute Gasteiger partial charge is 0.245 e. The van der Waals surface area contributed by atoms with Crippen molar-refractivity contribution in [3.05, 3.63) is 34.3 Å². The van der Waals surface area contributed by atoms with E-state index in [0.29, 0.717) is 5.56 Å². The predicted octanol–water partition coefficient (Wildman–Crippen LogP) is 4.45. The van der Waals surface area contributed by atoms with Gasteiger partial charge in [-0.1, -0.05) is 48.0 Å². The van der Waals surface area contributed by atoms with Crippen LogP contribution in [0.2, 0.25) is 0 Å². The molecule has 3 heteroatoms. The van der Waals surface area contributed by atoms with Gasteiger partial charge in [0.15, 0.2) is 0 Å². The standard InChI is InChI=1S/C11H13BrF2/c1-7(2)10(11(13)14)8-5-3-4-6-9(8)12/h3-7,10-11H,1-2H3. The average Bonchev–Trinajstić information content (AvgIpc) is 2.07. The summed E-state index contributed by atoms with van der Waals surface area (Å²) in [5.41, 5.74) is 0.692. The molecule has 0 heterocycles. The van der Waals surface area contributed by atoms with Crippen molar-refractivity contribution < 1.29 is 8.78 Å². The lowest BCUT2D eigenvalue weighted by molar-refractivity contribution is 0.0931. The Balaban J connectivity index is 3.05. The maximum Gasteiger partial charge on any atom is 0.245 e. The van der Waals surface area contributed by atoms with Gasteiger partial charge in [-0.05, 0) is 17.5 Å². The molecule has 0 aliphatic rings. The van der Waals surface area contributed by atoms with Crippen molar-refractivity contribution in [3.8, 4) is 0 Å². The summed E-state index contributed by atoms with van der Waals surface area (Å²) in [6.07, 6.45) is -2.31. The summed E-state index contributed by atoms with van der Waals surface area (Å²) in [6, 6.07) is 7.17. The molecule has 0 N–H and O–H groups in total. The zero-order valence-electron chi connectivity index (χ0n) is 8.18. The van der Waals surface area contributed by atoms with E-state index in [4.69, 9.17) is 0 Å². The monoisotopic (exact) mass is 262 g/mol. The lowest BCUT2D eigenvalue weighted by Gasteiger charge is -2.21. The van der Waals surface area contributed by atoms with E-state index in [1.807, 2.05) is 19.9 Å². The zero-order chi connectivity index (χ0) is 10.7. The number of benzene rings is 1. The molecule has 1 unspecified atom stereocenters. The van der Waals surface area contributed by atoms with Crippen LogP contribution in [0.5, 0.6) is 0 Å². The lowest BCUT2D eigenvalue weighted by Crippen LogP contribution is -2.16. The lowest BCUT2D eigenvalue weighted by atomic mass is 9.89. The highest BCUT2D eigenvalue weighted by molar-refractivity contribution is 9.10. The molecular weight excluding hydrogens is 250 g/mol. The van der Waals surface area contributed by atoms with Crippen LogP contribution in [0.3, 0.4) is 0 Å². The van der Waals surface area contributed by atoms with Gasteiger partial charge in [-0.3, -0.25) is 0 Å². The van der Waals surface area contributed by atoms with Crippen LogP contribution in [0.4, 0.5) is 8.78 Å². The van der Waals surface area contributed by atoms with Gasteiger partial charge in [-0.2, -0.15) is 0 Å². The van der Waals surface area contributed by atoms with Gasteiger partial charge in [-0.15, -0.1) is 0 Å². The topological polar surface area (TPSA) is 0 Å². The fourth-order valence-corrected chi connectivity index (χ4v) is 2.08. The number of rotatable bonds is 3. The molecule has 0 aliphatic heterocycles. The van der Waals surface area contributed by atoms with Crippen molar-refractivity contribution in [2.45, 2.75) is 26.2 Å². The van der Waals surface area contributed by atoms with Crippen molar-refractivity contribution in [2.24, 2.45) is 5.92 Å². The van der Waals surface area contributed by atoms with Gasteiger partial charge < -0.3 is 0 Å². The van der Waals surface area contributed by atoms with Crippen molar-refractivity contribution in [1.29, 1.82) is 0 Å². The molecule has 1 aromatic rings. The molecule has 1 atom stereocenters. The molecule has 0 saturated heterocycles. The molecule has 0 aliphatic carbocycles. The normalized spacial score (nSPS) is 13.6. The first-order valence-corrected chi connectivity index (χ1v) is 5.36. The summed E-state index contributed by atoms with van der Waals surface area (Å²) in [4.78, 5) is 0. The second-order valence-corrected chi connectivity index (χ2v) is 4.48. The van der Waals surface area contributed by atoms with Gasteiger partial charge in [0.25, 0.3) is 0 Å². The number of alkyl halides is 2. The van der Waals surface area contributed by atoms with Crippen LogP contribution in [0.1, 0.15) is 25.3 Å². The third kappa shape index (κ3) is 2.53. The molecule has 1 aromatic carbocycles.